The molecule has 0 bridgehead atoms. The smallest absolute Gasteiger partial charge is 0.433 e. The molecule has 164 valence electrons. The lowest BCUT2D eigenvalue weighted by molar-refractivity contribution is -0.141. The van der Waals surface area contributed by atoms with Gasteiger partial charge in [0.25, 0.3) is 0 Å². The van der Waals surface area contributed by atoms with Gasteiger partial charge in [-0.25, -0.2) is 19.6 Å². The highest BCUT2D eigenvalue weighted by Gasteiger charge is 2.34. The van der Waals surface area contributed by atoms with Crippen LogP contribution in [0.25, 0.3) is 0 Å². The van der Waals surface area contributed by atoms with Crippen molar-refractivity contribution in [1.82, 2.24) is 9.97 Å². The van der Waals surface area contributed by atoms with Crippen LogP contribution >= 0.6 is 11.6 Å². The first-order chi connectivity index (χ1) is 13.6. The average Bonchev–Trinajstić information content (AvgIpc) is 2.59. The molecule has 14 heteroatoms. The summed E-state index contributed by atoms with van der Waals surface area (Å²) in [5, 5.41) is 16.5. The highest BCUT2D eigenvalue weighted by Crippen LogP contribution is 2.30. The van der Waals surface area contributed by atoms with Gasteiger partial charge in [-0.05, 0) is 24.3 Å². The third-order valence-electron chi connectivity index (χ3n) is 3.19. The van der Waals surface area contributed by atoms with Crippen molar-refractivity contribution in [3.63, 3.8) is 0 Å². The molecule has 0 aliphatic carbocycles. The Labute approximate surface area is 169 Å². The van der Waals surface area contributed by atoms with E-state index in [1.165, 1.54) is 19.0 Å². The highest BCUT2D eigenvalue weighted by atomic mass is 35.5. The number of pyridine rings is 2. The summed E-state index contributed by atoms with van der Waals surface area (Å²) in [6, 6.07) is 2.87. The van der Waals surface area contributed by atoms with E-state index in [2.05, 4.69) is 9.97 Å². The molecule has 0 spiro atoms. The van der Waals surface area contributed by atoms with Crippen molar-refractivity contribution < 1.29 is 46.1 Å². The van der Waals surface area contributed by atoms with Crippen LogP contribution in [0.1, 0.15) is 32.1 Å². The number of alkyl halides is 6. The van der Waals surface area contributed by atoms with Crippen LogP contribution in [0.5, 0.6) is 0 Å². The van der Waals surface area contributed by atoms with Gasteiger partial charge in [-0.1, -0.05) is 11.6 Å². The van der Waals surface area contributed by atoms with Crippen molar-refractivity contribution in [3.05, 3.63) is 51.9 Å². The van der Waals surface area contributed by atoms with Gasteiger partial charge in [-0.3, -0.25) is 0 Å². The SMILES string of the molecule is CN(C)c1nc(C(F)(F)F)ccc1C(=O)O.O=C(O)c1ccc(C(F)(F)F)nc1Cl. The molecule has 0 radical (unpaired) electrons. The molecule has 0 saturated heterocycles. The Balaban J connectivity index is 0.000000303. The fraction of sp³-hybridized carbons (Fsp3) is 0.250. The summed E-state index contributed by atoms with van der Waals surface area (Å²) in [4.78, 5) is 28.5. The number of halogens is 7. The molecule has 7 nitrogen and oxygen atoms in total. The Morgan fingerprint density at radius 3 is 1.57 bits per heavy atom. The Kier molecular flexibility index (Phi) is 7.61. The molecule has 0 aliphatic heterocycles. The third-order valence-corrected chi connectivity index (χ3v) is 3.48. The minimum absolute atomic E-state index is 0.220. The Morgan fingerprint density at radius 1 is 0.833 bits per heavy atom. The maximum Gasteiger partial charge on any atom is 0.433 e. The second-order valence-electron chi connectivity index (χ2n) is 5.60. The first-order valence-electron chi connectivity index (χ1n) is 7.51. The molecule has 2 aromatic rings. The molecule has 30 heavy (non-hydrogen) atoms. The first-order valence-corrected chi connectivity index (χ1v) is 7.89. The van der Waals surface area contributed by atoms with Crippen molar-refractivity contribution in [3.8, 4) is 0 Å². The number of carboxylic acid groups (broad SMARTS) is 2. The van der Waals surface area contributed by atoms with Crippen LogP contribution < -0.4 is 4.90 Å². The predicted octanol–water partition coefficient (Wildman–Crippen LogP) is 4.32. The van der Waals surface area contributed by atoms with Crippen LogP contribution in [0, 0.1) is 0 Å². The van der Waals surface area contributed by atoms with Crippen LogP contribution in [0.4, 0.5) is 32.2 Å². The van der Waals surface area contributed by atoms with E-state index in [4.69, 9.17) is 21.8 Å². The van der Waals surface area contributed by atoms with Gasteiger partial charge in [0.2, 0.25) is 0 Å². The number of rotatable bonds is 3. The minimum atomic E-state index is -4.62. The molecular weight excluding hydrogens is 448 g/mol. The van der Waals surface area contributed by atoms with Gasteiger partial charge >= 0.3 is 24.3 Å². The van der Waals surface area contributed by atoms with Crippen molar-refractivity contribution in [2.75, 3.05) is 19.0 Å². The van der Waals surface area contributed by atoms with Crippen molar-refractivity contribution in [1.29, 1.82) is 0 Å². The Hall–Kier alpha value is -3.09. The normalized spacial score (nSPS) is 11.4. The van der Waals surface area contributed by atoms with Gasteiger partial charge in [-0.15, -0.1) is 0 Å². The Morgan fingerprint density at radius 2 is 1.23 bits per heavy atom. The fourth-order valence-electron chi connectivity index (χ4n) is 1.87. The van der Waals surface area contributed by atoms with Crippen LogP contribution in [-0.2, 0) is 12.4 Å². The summed E-state index contributed by atoms with van der Waals surface area (Å²) in [5.41, 5.74) is -3.05. The zero-order chi connectivity index (χ0) is 23.4. The second-order valence-corrected chi connectivity index (χ2v) is 5.96. The lowest BCUT2D eigenvalue weighted by Gasteiger charge is -2.16. The summed E-state index contributed by atoms with van der Waals surface area (Å²) >= 11 is 5.24. The van der Waals surface area contributed by atoms with E-state index in [1.54, 1.807) is 0 Å². The molecule has 2 N–H and O–H groups in total. The molecule has 0 aromatic carbocycles. The quantitative estimate of drug-likeness (QED) is 0.520. The van der Waals surface area contributed by atoms with E-state index in [0.717, 1.165) is 12.1 Å². The molecule has 0 saturated carbocycles. The standard InChI is InChI=1S/C9H9F3N2O2.C7H3ClF3NO2/c1-14(2)7-5(8(15)16)3-4-6(13-7)9(10,11)12;8-5-3(6(13)14)1-2-4(12-5)7(9,10)11/h3-4H,1-2H3,(H,15,16);1-2H,(H,13,14). The molecule has 2 rings (SSSR count). The van der Waals surface area contributed by atoms with Crippen LogP contribution in [0.3, 0.4) is 0 Å². The lowest BCUT2D eigenvalue weighted by Crippen LogP contribution is -2.19. The van der Waals surface area contributed by atoms with Crippen LogP contribution in [-0.4, -0.2) is 46.2 Å². The van der Waals surface area contributed by atoms with E-state index in [1.807, 2.05) is 0 Å². The molecule has 2 aromatic heterocycles. The maximum absolute atomic E-state index is 12.3. The number of anilines is 1. The average molecular weight is 460 g/mol. The van der Waals surface area contributed by atoms with Gasteiger partial charge in [-0.2, -0.15) is 26.3 Å². The van der Waals surface area contributed by atoms with Crippen molar-refractivity contribution in [2.45, 2.75) is 12.4 Å². The van der Waals surface area contributed by atoms with Crippen LogP contribution in [0.15, 0.2) is 24.3 Å². The number of carbonyl (C=O) groups is 2. The number of aromatic nitrogens is 2. The second kappa shape index (κ2) is 9.15. The van der Waals surface area contributed by atoms with Gasteiger partial charge in [0.15, 0.2) is 0 Å². The number of hydrogen-bond acceptors (Lipinski definition) is 5. The number of hydrogen-bond donors (Lipinski definition) is 2. The lowest BCUT2D eigenvalue weighted by atomic mass is 10.2. The summed E-state index contributed by atoms with van der Waals surface area (Å²) < 4.78 is 73.1. The van der Waals surface area contributed by atoms with Gasteiger partial charge < -0.3 is 15.1 Å². The van der Waals surface area contributed by atoms with E-state index in [9.17, 15) is 35.9 Å². The topological polar surface area (TPSA) is 104 Å². The number of nitrogens with zero attached hydrogens (tertiary/aromatic N) is 3. The largest absolute Gasteiger partial charge is 0.478 e. The third kappa shape index (κ3) is 6.47. The van der Waals surface area contributed by atoms with Gasteiger partial charge in [0.1, 0.15) is 27.9 Å². The van der Waals surface area contributed by atoms with Crippen molar-refractivity contribution in [2.24, 2.45) is 0 Å². The van der Waals surface area contributed by atoms with Crippen LogP contribution in [0.2, 0.25) is 5.15 Å². The molecule has 0 atom stereocenters. The highest BCUT2D eigenvalue weighted by molar-refractivity contribution is 6.32. The molecular formula is C16H12ClF6N3O4. The summed E-state index contributed by atoms with van der Waals surface area (Å²) in [5.74, 6) is -2.96. The van der Waals surface area contributed by atoms with Crippen molar-refractivity contribution >= 4 is 29.4 Å². The zero-order valence-corrected chi connectivity index (χ0v) is 15.8. The van der Waals surface area contributed by atoms with E-state index in [0.29, 0.717) is 12.1 Å². The number of carboxylic acids is 2. The maximum atomic E-state index is 12.3. The van der Waals surface area contributed by atoms with Gasteiger partial charge in [0, 0.05) is 14.1 Å². The predicted molar refractivity (Wildman–Crippen MR) is 91.7 cm³/mol. The summed E-state index contributed by atoms with van der Waals surface area (Å²) in [6.07, 6.45) is -9.21. The zero-order valence-electron chi connectivity index (χ0n) is 15.0. The molecule has 0 fully saturated rings. The number of aromatic carboxylic acids is 2. The van der Waals surface area contributed by atoms with E-state index >= 15 is 0 Å². The minimum Gasteiger partial charge on any atom is -0.478 e. The van der Waals surface area contributed by atoms with Gasteiger partial charge in [0.05, 0.1) is 5.56 Å². The van der Waals surface area contributed by atoms with E-state index < -0.39 is 46.4 Å². The molecule has 0 aliphatic rings. The molecule has 0 unspecified atom stereocenters. The summed E-state index contributed by atoms with van der Waals surface area (Å²) in [6.45, 7) is 0. The first kappa shape index (κ1) is 24.9. The fourth-order valence-corrected chi connectivity index (χ4v) is 2.10. The Bertz CT molecular complexity index is 948. The molecule has 2 heterocycles. The molecule has 0 amide bonds. The van der Waals surface area contributed by atoms with E-state index in [-0.39, 0.29) is 11.4 Å². The summed E-state index contributed by atoms with van der Waals surface area (Å²) in [7, 11) is 2.85. The monoisotopic (exact) mass is 459 g/mol.